The van der Waals surface area contributed by atoms with E-state index < -0.39 is 26.7 Å². The van der Waals surface area contributed by atoms with Crippen LogP contribution in [0.25, 0.3) is 21.8 Å². The molecule has 226 valence electrons. The first-order valence-corrected chi connectivity index (χ1v) is 16.9. The Morgan fingerprint density at radius 3 is 2.59 bits per heavy atom. The summed E-state index contributed by atoms with van der Waals surface area (Å²) in [5.74, 6) is 5.28. The van der Waals surface area contributed by atoms with Crippen LogP contribution in [0.5, 0.6) is 0 Å². The second-order valence-electron chi connectivity index (χ2n) is 11.1. The molecule has 44 heavy (non-hydrogen) atoms. The van der Waals surface area contributed by atoms with Gasteiger partial charge in [-0.25, -0.2) is 27.7 Å². The molecular weight excluding hydrogens is 602 g/mol. The molecule has 0 radical (unpaired) electrons. The minimum Gasteiger partial charge on any atom is -0.461 e. The van der Waals surface area contributed by atoms with E-state index in [9.17, 15) is 22.4 Å². The standard InChI is InChI=1S/C33H30FN3O5S2/c1-2-42-33(39)27-19-43-32(36-27)25-17-28(24-8-4-7-21(15-24)10-9-20-5-3-6-20)37(30(25)31(38)23-12-13-23)18-22-11-14-29(26(34)16-22)44(35,40)41/h4,7-8,11,14-17,19-20,23H,2-3,5-6,12-13,18H2,1H3,(H2,35,40,41). The Morgan fingerprint density at radius 2 is 1.93 bits per heavy atom. The van der Waals surface area contributed by atoms with Crippen LogP contribution in [0, 0.1) is 29.5 Å². The number of Topliss-reactive ketones (excluding diaryl/α,β-unsaturated/α-hetero) is 1. The summed E-state index contributed by atoms with van der Waals surface area (Å²) in [5.41, 5.74) is 3.86. The number of primary sulfonamides is 1. The quantitative estimate of drug-likeness (QED) is 0.137. The van der Waals surface area contributed by atoms with E-state index in [4.69, 9.17) is 9.88 Å². The highest BCUT2D eigenvalue weighted by Crippen LogP contribution is 2.41. The van der Waals surface area contributed by atoms with Gasteiger partial charge in [-0.2, -0.15) is 0 Å². The maximum Gasteiger partial charge on any atom is 0.357 e. The predicted molar refractivity (Wildman–Crippen MR) is 165 cm³/mol. The third kappa shape index (κ3) is 6.24. The molecule has 2 N–H and O–H groups in total. The molecule has 0 saturated heterocycles. The molecule has 2 aromatic carbocycles. The lowest BCUT2D eigenvalue weighted by atomic mass is 9.86. The Morgan fingerprint density at radius 1 is 1.14 bits per heavy atom. The molecule has 2 aliphatic rings. The topological polar surface area (TPSA) is 121 Å². The molecule has 2 aliphatic carbocycles. The number of sulfonamides is 1. The fourth-order valence-electron chi connectivity index (χ4n) is 5.17. The third-order valence-electron chi connectivity index (χ3n) is 7.83. The van der Waals surface area contributed by atoms with Crippen LogP contribution in [-0.2, 0) is 21.3 Å². The zero-order chi connectivity index (χ0) is 31.0. The van der Waals surface area contributed by atoms with E-state index >= 15 is 0 Å². The van der Waals surface area contributed by atoms with E-state index in [-0.39, 0.29) is 30.5 Å². The number of hydrogen-bond acceptors (Lipinski definition) is 7. The molecule has 11 heteroatoms. The molecule has 0 bridgehead atoms. The first kappa shape index (κ1) is 29.9. The summed E-state index contributed by atoms with van der Waals surface area (Å²) < 4.78 is 45.5. The van der Waals surface area contributed by atoms with Gasteiger partial charge in [-0.3, -0.25) is 4.79 Å². The van der Waals surface area contributed by atoms with Gasteiger partial charge in [-0.15, -0.1) is 11.3 Å². The number of esters is 1. The molecule has 0 unspecified atom stereocenters. The average Bonchev–Trinajstić information content (AvgIpc) is 3.57. The van der Waals surface area contributed by atoms with Crippen LogP contribution in [0.15, 0.2) is 58.8 Å². The number of aromatic nitrogens is 2. The molecule has 0 amide bonds. The molecule has 0 spiro atoms. The molecule has 6 rings (SSSR count). The van der Waals surface area contributed by atoms with Crippen molar-refractivity contribution in [1.82, 2.24) is 9.55 Å². The largest absolute Gasteiger partial charge is 0.461 e. The Labute approximate surface area is 259 Å². The van der Waals surface area contributed by atoms with Crippen LogP contribution in [0.3, 0.4) is 0 Å². The van der Waals surface area contributed by atoms with Crippen molar-refractivity contribution in [2.45, 2.75) is 50.5 Å². The van der Waals surface area contributed by atoms with Gasteiger partial charge in [0.25, 0.3) is 0 Å². The van der Waals surface area contributed by atoms with Gasteiger partial charge in [-0.1, -0.05) is 36.5 Å². The number of thiazole rings is 1. The summed E-state index contributed by atoms with van der Waals surface area (Å²) in [6.45, 7) is 1.99. The lowest BCUT2D eigenvalue weighted by Gasteiger charge is -2.18. The highest BCUT2D eigenvalue weighted by molar-refractivity contribution is 7.89. The highest BCUT2D eigenvalue weighted by atomic mass is 32.2. The van der Waals surface area contributed by atoms with Crippen molar-refractivity contribution in [1.29, 1.82) is 0 Å². The fourth-order valence-corrected chi connectivity index (χ4v) is 6.56. The number of halogens is 1. The minimum absolute atomic E-state index is 0.0679. The van der Waals surface area contributed by atoms with Crippen molar-refractivity contribution < 1.29 is 27.1 Å². The minimum atomic E-state index is -4.25. The average molecular weight is 632 g/mol. The van der Waals surface area contributed by atoms with Gasteiger partial charge in [0, 0.05) is 40.6 Å². The molecule has 2 saturated carbocycles. The van der Waals surface area contributed by atoms with Gasteiger partial charge < -0.3 is 9.30 Å². The van der Waals surface area contributed by atoms with Crippen molar-refractivity contribution in [3.63, 3.8) is 0 Å². The number of carbonyl (C=O) groups is 2. The summed E-state index contributed by atoms with van der Waals surface area (Å²) in [4.78, 5) is 30.2. The number of benzene rings is 2. The molecule has 4 aromatic rings. The summed E-state index contributed by atoms with van der Waals surface area (Å²) in [6, 6.07) is 13.3. The van der Waals surface area contributed by atoms with Crippen molar-refractivity contribution in [3.8, 4) is 33.7 Å². The number of ketones is 1. The number of nitrogens with zero attached hydrogens (tertiary/aromatic N) is 2. The number of hydrogen-bond donors (Lipinski definition) is 1. The molecule has 0 aliphatic heterocycles. The molecule has 0 atom stereocenters. The third-order valence-corrected chi connectivity index (χ3v) is 9.64. The normalized spacial score (nSPS) is 14.9. The van der Waals surface area contributed by atoms with Crippen molar-refractivity contribution in [2.24, 2.45) is 17.0 Å². The van der Waals surface area contributed by atoms with Crippen molar-refractivity contribution >= 4 is 33.1 Å². The van der Waals surface area contributed by atoms with Crippen LogP contribution in [0.1, 0.15) is 71.1 Å². The Kier molecular flexibility index (Phi) is 8.24. The van der Waals surface area contributed by atoms with Gasteiger partial charge >= 0.3 is 5.97 Å². The van der Waals surface area contributed by atoms with Crippen LogP contribution in [-0.4, -0.2) is 36.3 Å². The van der Waals surface area contributed by atoms with Crippen molar-refractivity contribution in [2.75, 3.05) is 6.61 Å². The number of rotatable bonds is 9. The summed E-state index contributed by atoms with van der Waals surface area (Å²) in [5, 5.41) is 7.26. The van der Waals surface area contributed by atoms with Crippen LogP contribution in [0.4, 0.5) is 4.39 Å². The first-order chi connectivity index (χ1) is 21.1. The predicted octanol–water partition coefficient (Wildman–Crippen LogP) is 6.03. The highest BCUT2D eigenvalue weighted by Gasteiger charge is 2.36. The summed E-state index contributed by atoms with van der Waals surface area (Å²) in [6.07, 6.45) is 4.92. The molecule has 2 heterocycles. The molecule has 2 aromatic heterocycles. The zero-order valence-electron chi connectivity index (χ0n) is 24.0. The van der Waals surface area contributed by atoms with Crippen LogP contribution in [0.2, 0.25) is 0 Å². The van der Waals surface area contributed by atoms with Gasteiger partial charge in [0.2, 0.25) is 10.0 Å². The van der Waals surface area contributed by atoms with Gasteiger partial charge in [0.1, 0.15) is 15.7 Å². The first-order valence-electron chi connectivity index (χ1n) is 14.5. The number of carbonyl (C=O) groups excluding carboxylic acids is 2. The second-order valence-corrected chi connectivity index (χ2v) is 13.5. The van der Waals surface area contributed by atoms with Crippen LogP contribution < -0.4 is 5.14 Å². The summed E-state index contributed by atoms with van der Waals surface area (Å²) in [7, 11) is -4.25. The number of ether oxygens (including phenoxy) is 1. The smallest absolute Gasteiger partial charge is 0.357 e. The van der Waals surface area contributed by atoms with Gasteiger partial charge in [0.05, 0.1) is 12.3 Å². The Bertz CT molecular complexity index is 1940. The van der Waals surface area contributed by atoms with E-state index in [2.05, 4.69) is 16.8 Å². The van der Waals surface area contributed by atoms with E-state index in [0.717, 1.165) is 48.9 Å². The fraction of sp³-hybridized carbons (Fsp3) is 0.303. The lowest BCUT2D eigenvalue weighted by Crippen LogP contribution is -2.16. The molecule has 8 nitrogen and oxygen atoms in total. The van der Waals surface area contributed by atoms with Crippen LogP contribution >= 0.6 is 11.3 Å². The SMILES string of the molecule is CCOC(=O)c1csc(-c2cc(-c3cccc(C#CC4CCC4)c3)n(Cc3ccc(S(N)(=O)=O)c(F)c3)c2C(=O)C2CC2)n1. The summed E-state index contributed by atoms with van der Waals surface area (Å²) >= 11 is 1.23. The zero-order valence-corrected chi connectivity index (χ0v) is 25.6. The second kappa shape index (κ2) is 12.1. The molecular formula is C33H30FN3O5S2. The van der Waals surface area contributed by atoms with E-state index in [1.165, 1.54) is 23.8 Å². The lowest BCUT2D eigenvalue weighted by molar-refractivity contribution is 0.0520. The van der Waals surface area contributed by atoms with Crippen molar-refractivity contribution in [3.05, 3.63) is 82.2 Å². The maximum absolute atomic E-state index is 14.9. The Hall–Kier alpha value is -4.11. The van der Waals surface area contributed by atoms with Gasteiger partial charge in [0.15, 0.2) is 11.5 Å². The number of nitrogens with two attached hydrogens (primary N) is 1. The maximum atomic E-state index is 14.9. The van der Waals surface area contributed by atoms with E-state index in [1.54, 1.807) is 12.3 Å². The van der Waals surface area contributed by atoms with E-state index in [1.807, 2.05) is 34.9 Å². The Balaban J connectivity index is 1.51. The van der Waals surface area contributed by atoms with Gasteiger partial charge in [-0.05, 0) is 74.1 Å². The molecule has 2 fully saturated rings. The van der Waals surface area contributed by atoms with E-state index in [0.29, 0.717) is 33.4 Å². The monoisotopic (exact) mass is 631 g/mol.